The molecule has 4 aromatic rings. The standard InChI is InChI=1S/C33H40N6O6/c1-22-10-16-28(45-22)31(33(41)34-25-8-6-5-7-9-25)38(19-18-23-11-17-27(43-3)29(20-23)44-4)30(40)21-39-36-32(35-37-39)24-12-14-26(42-2)15-13-24/h10-17,20,25,31H,5-9,18-19,21H2,1-4H3,(H,34,41). The van der Waals surface area contributed by atoms with E-state index in [4.69, 9.17) is 18.6 Å². The first-order valence-electron chi connectivity index (χ1n) is 15.2. The SMILES string of the molecule is COc1ccc(-c2nnn(CC(=O)N(CCc3ccc(OC)c(OC)c3)C(C(=O)NC3CCCCC3)c3ccc(C)o3)n2)cc1. The van der Waals surface area contributed by atoms with Crippen LogP contribution in [0.3, 0.4) is 0 Å². The molecule has 1 aliphatic carbocycles. The normalized spacial score (nSPS) is 14.0. The predicted molar refractivity (Wildman–Crippen MR) is 166 cm³/mol. The molecule has 2 heterocycles. The number of aryl methyl sites for hydroxylation is 1. The molecule has 5 rings (SSSR count). The van der Waals surface area contributed by atoms with E-state index in [1.54, 1.807) is 50.5 Å². The Morgan fingerprint density at radius 2 is 1.73 bits per heavy atom. The summed E-state index contributed by atoms with van der Waals surface area (Å²) in [5, 5.41) is 15.9. The van der Waals surface area contributed by atoms with E-state index in [-0.39, 0.29) is 30.9 Å². The maximum atomic E-state index is 14.1. The lowest BCUT2D eigenvalue weighted by molar-refractivity contribution is -0.142. The van der Waals surface area contributed by atoms with Gasteiger partial charge in [-0.3, -0.25) is 9.59 Å². The first-order chi connectivity index (χ1) is 21.9. The van der Waals surface area contributed by atoms with E-state index in [1.165, 1.54) is 4.80 Å². The lowest BCUT2D eigenvalue weighted by atomic mass is 9.95. The Morgan fingerprint density at radius 1 is 0.978 bits per heavy atom. The molecule has 12 nitrogen and oxygen atoms in total. The molecular weight excluding hydrogens is 576 g/mol. The van der Waals surface area contributed by atoms with Crippen LogP contribution < -0.4 is 19.5 Å². The first kappa shape index (κ1) is 31.6. The summed E-state index contributed by atoms with van der Waals surface area (Å²) < 4.78 is 22.1. The predicted octanol–water partition coefficient (Wildman–Crippen LogP) is 4.53. The highest BCUT2D eigenvalue weighted by atomic mass is 16.5. The summed E-state index contributed by atoms with van der Waals surface area (Å²) >= 11 is 0. The maximum Gasteiger partial charge on any atom is 0.250 e. The summed E-state index contributed by atoms with van der Waals surface area (Å²) in [6.07, 6.45) is 5.55. The van der Waals surface area contributed by atoms with Crippen LogP contribution in [0.1, 0.15) is 55.2 Å². The van der Waals surface area contributed by atoms with E-state index in [0.29, 0.717) is 41.0 Å². The second-order valence-corrected chi connectivity index (χ2v) is 11.1. The number of furan rings is 1. The number of hydrogen-bond acceptors (Lipinski definition) is 9. The summed E-state index contributed by atoms with van der Waals surface area (Å²) in [6.45, 7) is 1.81. The van der Waals surface area contributed by atoms with Crippen molar-refractivity contribution in [2.75, 3.05) is 27.9 Å². The van der Waals surface area contributed by atoms with Crippen molar-refractivity contribution in [1.82, 2.24) is 30.4 Å². The zero-order valence-corrected chi connectivity index (χ0v) is 26.2. The van der Waals surface area contributed by atoms with E-state index in [2.05, 4.69) is 20.7 Å². The van der Waals surface area contributed by atoms with Gasteiger partial charge in [-0.15, -0.1) is 10.2 Å². The molecule has 45 heavy (non-hydrogen) atoms. The van der Waals surface area contributed by atoms with Gasteiger partial charge in [-0.05, 0) is 85.5 Å². The molecule has 0 radical (unpaired) electrons. The fourth-order valence-electron chi connectivity index (χ4n) is 5.61. The number of hydrogen-bond donors (Lipinski definition) is 1. The van der Waals surface area contributed by atoms with Crippen LogP contribution in [0.15, 0.2) is 59.0 Å². The number of tetrazole rings is 1. The highest BCUT2D eigenvalue weighted by Crippen LogP contribution is 2.30. The Balaban J connectivity index is 1.43. The molecule has 2 aromatic carbocycles. The zero-order valence-electron chi connectivity index (χ0n) is 26.2. The van der Waals surface area contributed by atoms with Gasteiger partial charge in [0.25, 0.3) is 5.91 Å². The quantitative estimate of drug-likeness (QED) is 0.230. The van der Waals surface area contributed by atoms with E-state index in [0.717, 1.165) is 43.2 Å². The number of nitrogens with one attached hydrogen (secondary N) is 1. The van der Waals surface area contributed by atoms with Gasteiger partial charge in [-0.25, -0.2) is 0 Å². The number of carbonyl (C=O) groups excluding carboxylic acids is 2. The minimum atomic E-state index is -0.988. The van der Waals surface area contributed by atoms with Crippen LogP contribution in [0, 0.1) is 6.92 Å². The number of carbonyl (C=O) groups is 2. The highest BCUT2D eigenvalue weighted by molar-refractivity contribution is 5.88. The second-order valence-electron chi connectivity index (χ2n) is 11.1. The van der Waals surface area contributed by atoms with Crippen LogP contribution in [0.25, 0.3) is 11.4 Å². The summed E-state index contributed by atoms with van der Waals surface area (Å²) in [7, 11) is 4.75. The Morgan fingerprint density at radius 3 is 2.40 bits per heavy atom. The average molecular weight is 617 g/mol. The van der Waals surface area contributed by atoms with Gasteiger partial charge in [0.05, 0.1) is 21.3 Å². The van der Waals surface area contributed by atoms with Gasteiger partial charge >= 0.3 is 0 Å². The Bertz CT molecular complexity index is 1580. The molecule has 238 valence electrons. The van der Waals surface area contributed by atoms with Gasteiger partial charge < -0.3 is 28.8 Å². The number of ether oxygens (including phenoxy) is 3. The fraction of sp³-hybridized carbons (Fsp3) is 0.424. The summed E-state index contributed by atoms with van der Waals surface area (Å²) in [6, 6.07) is 15.5. The molecule has 2 amide bonds. The van der Waals surface area contributed by atoms with Crippen LogP contribution in [0.5, 0.6) is 17.2 Å². The molecule has 2 aromatic heterocycles. The maximum absolute atomic E-state index is 14.1. The van der Waals surface area contributed by atoms with Gasteiger partial charge in [-0.2, -0.15) is 4.80 Å². The van der Waals surface area contributed by atoms with Crippen molar-refractivity contribution in [3.05, 3.63) is 71.7 Å². The molecule has 1 aliphatic rings. The molecule has 1 N–H and O–H groups in total. The fourth-order valence-corrected chi connectivity index (χ4v) is 5.61. The summed E-state index contributed by atoms with van der Waals surface area (Å²) in [5.74, 6) is 2.68. The zero-order chi connectivity index (χ0) is 31.8. The minimum Gasteiger partial charge on any atom is -0.497 e. The van der Waals surface area contributed by atoms with E-state index >= 15 is 0 Å². The molecular formula is C33H40N6O6. The Kier molecular flexibility index (Phi) is 10.3. The number of methoxy groups -OCH3 is 3. The average Bonchev–Trinajstić information content (AvgIpc) is 3.72. The van der Waals surface area contributed by atoms with E-state index in [9.17, 15) is 9.59 Å². The first-order valence-corrected chi connectivity index (χ1v) is 15.2. The van der Waals surface area contributed by atoms with Crippen molar-refractivity contribution < 1.29 is 28.2 Å². The molecule has 1 fully saturated rings. The number of benzene rings is 2. The number of amides is 2. The molecule has 0 saturated heterocycles. The van der Waals surface area contributed by atoms with Gasteiger partial charge in [0.2, 0.25) is 11.7 Å². The molecule has 12 heteroatoms. The number of rotatable bonds is 13. The topological polar surface area (TPSA) is 134 Å². The largest absolute Gasteiger partial charge is 0.497 e. The Hall–Kier alpha value is -4.87. The monoisotopic (exact) mass is 616 g/mol. The van der Waals surface area contributed by atoms with Crippen molar-refractivity contribution in [2.45, 2.75) is 64.1 Å². The summed E-state index contributed by atoms with van der Waals surface area (Å²) in [5.41, 5.74) is 1.64. The van der Waals surface area contributed by atoms with E-state index in [1.807, 2.05) is 37.3 Å². The third kappa shape index (κ3) is 7.81. The van der Waals surface area contributed by atoms with Gasteiger partial charge in [0, 0.05) is 18.2 Å². The molecule has 1 saturated carbocycles. The second kappa shape index (κ2) is 14.7. The van der Waals surface area contributed by atoms with Crippen LogP contribution in [-0.2, 0) is 22.6 Å². The third-order valence-electron chi connectivity index (χ3n) is 8.03. The smallest absolute Gasteiger partial charge is 0.250 e. The number of aromatic nitrogens is 4. The Labute approximate surface area is 262 Å². The number of nitrogens with zero attached hydrogens (tertiary/aromatic N) is 5. The van der Waals surface area contributed by atoms with Crippen molar-refractivity contribution in [1.29, 1.82) is 0 Å². The highest BCUT2D eigenvalue weighted by Gasteiger charge is 2.35. The van der Waals surface area contributed by atoms with Crippen LogP contribution in [0.2, 0.25) is 0 Å². The van der Waals surface area contributed by atoms with Crippen LogP contribution in [-0.4, -0.2) is 70.8 Å². The molecule has 0 bridgehead atoms. The third-order valence-corrected chi connectivity index (χ3v) is 8.03. The van der Waals surface area contributed by atoms with Gasteiger partial charge in [-0.1, -0.05) is 25.3 Å². The molecule has 1 unspecified atom stereocenters. The lowest BCUT2D eigenvalue weighted by Crippen LogP contribution is -2.48. The van der Waals surface area contributed by atoms with Crippen LogP contribution >= 0.6 is 0 Å². The molecule has 1 atom stereocenters. The van der Waals surface area contributed by atoms with Gasteiger partial charge in [0.1, 0.15) is 23.8 Å². The molecule has 0 aliphatic heterocycles. The summed E-state index contributed by atoms with van der Waals surface area (Å²) in [4.78, 5) is 30.9. The van der Waals surface area contributed by atoms with Crippen molar-refractivity contribution in [2.24, 2.45) is 0 Å². The van der Waals surface area contributed by atoms with E-state index < -0.39 is 6.04 Å². The van der Waals surface area contributed by atoms with Crippen molar-refractivity contribution in [3.63, 3.8) is 0 Å². The minimum absolute atomic E-state index is 0.0525. The van der Waals surface area contributed by atoms with Crippen molar-refractivity contribution in [3.8, 4) is 28.6 Å². The molecule has 0 spiro atoms. The van der Waals surface area contributed by atoms with Crippen molar-refractivity contribution >= 4 is 11.8 Å². The van der Waals surface area contributed by atoms with Gasteiger partial charge in [0.15, 0.2) is 17.5 Å². The van der Waals surface area contributed by atoms with Crippen LogP contribution in [0.4, 0.5) is 0 Å². The lowest BCUT2D eigenvalue weighted by Gasteiger charge is -2.32.